The normalized spacial score (nSPS) is 14.4. The van der Waals surface area contributed by atoms with Crippen LogP contribution >= 0.6 is 11.3 Å². The van der Waals surface area contributed by atoms with Crippen LogP contribution in [0.3, 0.4) is 0 Å². The van der Waals surface area contributed by atoms with Crippen LogP contribution in [0.4, 0.5) is 0 Å². The molecule has 0 radical (unpaired) electrons. The van der Waals surface area contributed by atoms with Gasteiger partial charge in [-0.05, 0) is 30.9 Å². The molecule has 0 fully saturated rings. The van der Waals surface area contributed by atoms with Crippen LogP contribution in [0.25, 0.3) is 0 Å². The summed E-state index contributed by atoms with van der Waals surface area (Å²) in [7, 11) is 0. The van der Waals surface area contributed by atoms with Gasteiger partial charge in [-0.15, -0.1) is 11.3 Å². The van der Waals surface area contributed by atoms with Crippen molar-refractivity contribution in [3.05, 3.63) is 21.4 Å². The zero-order chi connectivity index (χ0) is 13.3. The molecule has 1 N–H and O–H groups in total. The van der Waals surface area contributed by atoms with E-state index in [1.807, 2.05) is 26.8 Å². The molecule has 1 aromatic rings. The highest BCUT2D eigenvalue weighted by atomic mass is 32.1. The number of carbonyl (C=O) groups is 2. The van der Waals surface area contributed by atoms with Crippen LogP contribution in [-0.2, 0) is 17.6 Å². The molecular formula is C14H19NO2S. The Morgan fingerprint density at radius 2 is 2.06 bits per heavy atom. The van der Waals surface area contributed by atoms with E-state index in [0.717, 1.165) is 17.7 Å². The molecule has 0 bridgehead atoms. The molecule has 0 unspecified atom stereocenters. The molecule has 0 aromatic carbocycles. The number of nitrogens with one attached hydrogen (secondary N) is 1. The Morgan fingerprint density at radius 1 is 1.33 bits per heavy atom. The van der Waals surface area contributed by atoms with E-state index in [2.05, 4.69) is 5.32 Å². The van der Waals surface area contributed by atoms with Crippen LogP contribution in [0, 0.1) is 5.41 Å². The molecule has 0 aliphatic heterocycles. The zero-order valence-electron chi connectivity index (χ0n) is 11.1. The van der Waals surface area contributed by atoms with Gasteiger partial charge < -0.3 is 5.32 Å². The quantitative estimate of drug-likeness (QED) is 0.913. The van der Waals surface area contributed by atoms with Gasteiger partial charge in [0, 0.05) is 10.3 Å². The summed E-state index contributed by atoms with van der Waals surface area (Å²) < 4.78 is 0. The van der Waals surface area contributed by atoms with Crippen molar-refractivity contribution in [1.82, 2.24) is 5.32 Å². The highest BCUT2D eigenvalue weighted by Crippen LogP contribution is 2.30. The fraction of sp³-hybridized carbons (Fsp3) is 0.571. The molecule has 1 aliphatic rings. The summed E-state index contributed by atoms with van der Waals surface area (Å²) in [6.45, 7) is 5.70. The van der Waals surface area contributed by atoms with Crippen molar-refractivity contribution in [3.8, 4) is 0 Å². The van der Waals surface area contributed by atoms with E-state index in [9.17, 15) is 9.59 Å². The highest BCUT2D eigenvalue weighted by molar-refractivity contribution is 7.14. The SMILES string of the molecule is CC(C)(C)C(=O)CNC(=O)c1cc2c(s1)CCC2. The Morgan fingerprint density at radius 3 is 2.67 bits per heavy atom. The number of carbonyl (C=O) groups excluding carboxylic acids is 2. The Labute approximate surface area is 112 Å². The largest absolute Gasteiger partial charge is 0.344 e. The van der Waals surface area contributed by atoms with Crippen molar-refractivity contribution < 1.29 is 9.59 Å². The fourth-order valence-corrected chi connectivity index (χ4v) is 3.12. The molecule has 0 atom stereocenters. The second-order valence-electron chi connectivity index (χ2n) is 5.77. The monoisotopic (exact) mass is 265 g/mol. The third kappa shape index (κ3) is 2.80. The fourth-order valence-electron chi connectivity index (χ4n) is 1.95. The van der Waals surface area contributed by atoms with Gasteiger partial charge in [0.25, 0.3) is 5.91 Å². The lowest BCUT2D eigenvalue weighted by atomic mass is 9.91. The number of thiophene rings is 1. The Bertz CT molecular complexity index is 461. The van der Waals surface area contributed by atoms with Crippen LogP contribution in [-0.4, -0.2) is 18.2 Å². The molecule has 1 aliphatic carbocycles. The van der Waals surface area contributed by atoms with Crippen molar-refractivity contribution in [2.75, 3.05) is 6.54 Å². The molecule has 0 saturated heterocycles. The van der Waals surface area contributed by atoms with Gasteiger partial charge in [0.15, 0.2) is 5.78 Å². The van der Waals surface area contributed by atoms with E-state index in [1.54, 1.807) is 11.3 Å². The van der Waals surface area contributed by atoms with Gasteiger partial charge in [-0.25, -0.2) is 0 Å². The summed E-state index contributed by atoms with van der Waals surface area (Å²) >= 11 is 1.57. The van der Waals surface area contributed by atoms with Crippen LogP contribution in [0.5, 0.6) is 0 Å². The maximum Gasteiger partial charge on any atom is 0.261 e. The van der Waals surface area contributed by atoms with Gasteiger partial charge in [-0.3, -0.25) is 9.59 Å². The average Bonchev–Trinajstić information content (AvgIpc) is 2.83. The molecule has 3 nitrogen and oxygen atoms in total. The summed E-state index contributed by atoms with van der Waals surface area (Å²) in [6, 6.07) is 1.98. The molecule has 1 aromatic heterocycles. The van der Waals surface area contributed by atoms with Gasteiger partial charge in [0.2, 0.25) is 0 Å². The molecule has 98 valence electrons. The van der Waals surface area contributed by atoms with E-state index in [4.69, 9.17) is 0 Å². The number of aryl methyl sites for hydroxylation is 2. The summed E-state index contributed by atoms with van der Waals surface area (Å²) in [5, 5.41) is 2.72. The first-order valence-electron chi connectivity index (χ1n) is 6.31. The predicted molar refractivity (Wildman–Crippen MR) is 73.1 cm³/mol. The predicted octanol–water partition coefficient (Wildman–Crippen LogP) is 2.58. The molecular weight excluding hydrogens is 246 g/mol. The third-order valence-corrected chi connectivity index (χ3v) is 4.45. The van der Waals surface area contributed by atoms with Gasteiger partial charge in [0.1, 0.15) is 0 Å². The van der Waals surface area contributed by atoms with E-state index < -0.39 is 5.41 Å². The van der Waals surface area contributed by atoms with Crippen molar-refractivity contribution in [2.45, 2.75) is 40.0 Å². The topological polar surface area (TPSA) is 46.2 Å². The number of fused-ring (bicyclic) bond motifs is 1. The number of hydrogen-bond donors (Lipinski definition) is 1. The van der Waals surface area contributed by atoms with Crippen LogP contribution < -0.4 is 5.32 Å². The van der Waals surface area contributed by atoms with E-state index in [-0.39, 0.29) is 18.2 Å². The number of hydrogen-bond acceptors (Lipinski definition) is 3. The van der Waals surface area contributed by atoms with Crippen LogP contribution in [0.1, 0.15) is 47.3 Å². The van der Waals surface area contributed by atoms with E-state index in [0.29, 0.717) is 0 Å². The minimum absolute atomic E-state index is 0.0555. The minimum atomic E-state index is -0.398. The lowest BCUT2D eigenvalue weighted by Crippen LogP contribution is -2.35. The lowest BCUT2D eigenvalue weighted by molar-refractivity contribution is -0.125. The minimum Gasteiger partial charge on any atom is -0.344 e. The Hall–Kier alpha value is -1.16. The second kappa shape index (κ2) is 4.84. The third-order valence-electron chi connectivity index (χ3n) is 3.22. The molecule has 1 heterocycles. The van der Waals surface area contributed by atoms with Gasteiger partial charge in [-0.2, -0.15) is 0 Å². The van der Waals surface area contributed by atoms with Crippen LogP contribution in [0.15, 0.2) is 6.07 Å². The van der Waals surface area contributed by atoms with Crippen molar-refractivity contribution in [3.63, 3.8) is 0 Å². The first-order chi connectivity index (χ1) is 8.38. The summed E-state index contributed by atoms with van der Waals surface area (Å²) in [4.78, 5) is 25.7. The van der Waals surface area contributed by atoms with E-state index >= 15 is 0 Å². The van der Waals surface area contributed by atoms with Gasteiger partial charge >= 0.3 is 0 Å². The molecule has 2 rings (SSSR count). The average molecular weight is 265 g/mol. The molecule has 0 saturated carbocycles. The Balaban J connectivity index is 1.94. The standard InChI is InChI=1S/C14H19NO2S/c1-14(2,3)12(16)8-15-13(17)11-7-9-5-4-6-10(9)18-11/h7H,4-6,8H2,1-3H3,(H,15,17). The number of Topliss-reactive ketones (excluding diaryl/α,β-unsaturated/α-hetero) is 1. The maximum absolute atomic E-state index is 11.9. The Kier molecular flexibility index (Phi) is 3.57. The summed E-state index contributed by atoms with van der Waals surface area (Å²) in [6.07, 6.45) is 3.37. The number of rotatable bonds is 3. The highest BCUT2D eigenvalue weighted by Gasteiger charge is 2.23. The lowest BCUT2D eigenvalue weighted by Gasteiger charge is -2.16. The maximum atomic E-state index is 11.9. The van der Waals surface area contributed by atoms with Crippen molar-refractivity contribution >= 4 is 23.0 Å². The van der Waals surface area contributed by atoms with Gasteiger partial charge in [0.05, 0.1) is 11.4 Å². The molecule has 1 amide bonds. The van der Waals surface area contributed by atoms with Crippen LogP contribution in [0.2, 0.25) is 0 Å². The summed E-state index contributed by atoms with van der Waals surface area (Å²) in [5.74, 6) is -0.0630. The molecule has 0 spiro atoms. The molecule has 18 heavy (non-hydrogen) atoms. The smallest absolute Gasteiger partial charge is 0.261 e. The summed E-state index contributed by atoms with van der Waals surface area (Å²) in [5.41, 5.74) is 0.914. The van der Waals surface area contributed by atoms with E-state index in [1.165, 1.54) is 16.9 Å². The second-order valence-corrected chi connectivity index (χ2v) is 6.91. The van der Waals surface area contributed by atoms with Crippen molar-refractivity contribution in [1.29, 1.82) is 0 Å². The van der Waals surface area contributed by atoms with Gasteiger partial charge in [-0.1, -0.05) is 20.8 Å². The van der Waals surface area contributed by atoms with Crippen molar-refractivity contribution in [2.24, 2.45) is 5.41 Å². The number of amides is 1. The first kappa shape index (κ1) is 13.3. The number of ketones is 1. The zero-order valence-corrected chi connectivity index (χ0v) is 11.9. The first-order valence-corrected chi connectivity index (χ1v) is 7.12. The molecule has 4 heteroatoms.